The molecule has 4 nitrogen and oxygen atoms in total. The fraction of sp³-hybridized carbons (Fsp3) is 0.0909. The highest BCUT2D eigenvalue weighted by atomic mass is 16.5. The largest absolute Gasteiger partial charge is 0.549 e. The van der Waals surface area contributed by atoms with Gasteiger partial charge in [-0.3, -0.25) is 4.79 Å². The van der Waals surface area contributed by atoms with Gasteiger partial charge < -0.3 is 14.6 Å². The predicted molar refractivity (Wildman–Crippen MR) is 95.0 cm³/mol. The third-order valence-electron chi connectivity index (χ3n) is 4.04. The first-order chi connectivity index (χ1) is 12.7. The average molecular weight is 345 g/mol. The van der Waals surface area contributed by atoms with Gasteiger partial charge in [0.15, 0.2) is 6.10 Å². The lowest BCUT2D eigenvalue weighted by molar-refractivity contribution is -0.307. The maximum absolute atomic E-state index is 12.7. The molecule has 0 aliphatic carbocycles. The van der Waals surface area contributed by atoms with Crippen LogP contribution in [0.3, 0.4) is 0 Å². The summed E-state index contributed by atoms with van der Waals surface area (Å²) in [5.41, 5.74) is 1.85. The highest BCUT2D eigenvalue weighted by Gasteiger charge is 2.27. The zero-order chi connectivity index (χ0) is 18.4. The molecule has 0 aliphatic rings. The molecule has 0 aliphatic heterocycles. The maximum atomic E-state index is 12.7. The molecule has 0 saturated carbocycles. The van der Waals surface area contributed by atoms with Gasteiger partial charge in [-0.25, -0.2) is 0 Å². The van der Waals surface area contributed by atoms with Crippen molar-refractivity contribution >= 4 is 11.9 Å². The molecule has 3 aromatic carbocycles. The Kier molecular flexibility index (Phi) is 5.44. The van der Waals surface area contributed by atoms with E-state index in [0.29, 0.717) is 5.56 Å². The maximum Gasteiger partial charge on any atom is 0.320 e. The van der Waals surface area contributed by atoms with Crippen molar-refractivity contribution in [2.45, 2.75) is 12.0 Å². The predicted octanol–water partition coefficient (Wildman–Crippen LogP) is 2.85. The first-order valence-electron chi connectivity index (χ1n) is 8.23. The second kappa shape index (κ2) is 8.12. The van der Waals surface area contributed by atoms with E-state index in [0.717, 1.165) is 11.1 Å². The number of hydrogen-bond acceptors (Lipinski definition) is 4. The Bertz CT molecular complexity index is 821. The van der Waals surface area contributed by atoms with Gasteiger partial charge in [0.2, 0.25) is 0 Å². The SMILES string of the molecule is O=C([O-])[C@H](C(=O)OC(c1ccccc1)c1ccccc1)c1ccccc1. The van der Waals surface area contributed by atoms with E-state index in [4.69, 9.17) is 4.74 Å². The van der Waals surface area contributed by atoms with Gasteiger partial charge in [0.05, 0.1) is 5.97 Å². The van der Waals surface area contributed by atoms with E-state index in [1.807, 2.05) is 60.7 Å². The smallest absolute Gasteiger partial charge is 0.320 e. The van der Waals surface area contributed by atoms with Crippen molar-refractivity contribution in [3.63, 3.8) is 0 Å². The number of carbonyl (C=O) groups excluding carboxylic acids is 2. The zero-order valence-corrected chi connectivity index (χ0v) is 13.9. The number of carboxylic acids is 1. The second-order valence-electron chi connectivity index (χ2n) is 5.80. The summed E-state index contributed by atoms with van der Waals surface area (Å²) < 4.78 is 5.64. The molecule has 130 valence electrons. The Hall–Kier alpha value is -3.40. The summed E-state index contributed by atoms with van der Waals surface area (Å²) in [6, 6.07) is 26.7. The van der Waals surface area contributed by atoms with Crippen LogP contribution in [-0.2, 0) is 14.3 Å². The number of esters is 1. The first kappa shape index (κ1) is 17.4. The highest BCUT2D eigenvalue weighted by Crippen LogP contribution is 2.28. The molecule has 0 spiro atoms. The lowest BCUT2D eigenvalue weighted by atomic mass is 9.98. The number of rotatable bonds is 6. The average Bonchev–Trinajstić information content (AvgIpc) is 2.68. The van der Waals surface area contributed by atoms with Gasteiger partial charge in [-0.2, -0.15) is 0 Å². The molecule has 3 rings (SSSR count). The fourth-order valence-corrected chi connectivity index (χ4v) is 2.78. The van der Waals surface area contributed by atoms with Crippen molar-refractivity contribution in [1.29, 1.82) is 0 Å². The molecule has 0 bridgehead atoms. The van der Waals surface area contributed by atoms with Crippen molar-refractivity contribution in [2.75, 3.05) is 0 Å². The first-order valence-corrected chi connectivity index (χ1v) is 8.23. The molecule has 3 aromatic rings. The van der Waals surface area contributed by atoms with Crippen LogP contribution in [0.15, 0.2) is 91.0 Å². The Morgan fingerprint density at radius 1 is 0.654 bits per heavy atom. The fourth-order valence-electron chi connectivity index (χ4n) is 2.78. The number of aliphatic carboxylic acids is 1. The number of benzene rings is 3. The topological polar surface area (TPSA) is 66.4 Å². The molecule has 26 heavy (non-hydrogen) atoms. The van der Waals surface area contributed by atoms with Crippen molar-refractivity contribution in [3.05, 3.63) is 108 Å². The van der Waals surface area contributed by atoms with E-state index in [1.54, 1.807) is 30.3 Å². The Balaban J connectivity index is 1.93. The molecule has 4 heteroatoms. The molecule has 0 amide bonds. The van der Waals surface area contributed by atoms with Crippen molar-refractivity contribution < 1.29 is 19.4 Å². The van der Waals surface area contributed by atoms with E-state index in [9.17, 15) is 14.7 Å². The number of carboxylic acid groups (broad SMARTS) is 1. The Morgan fingerprint density at radius 2 is 1.04 bits per heavy atom. The minimum absolute atomic E-state index is 0.331. The van der Waals surface area contributed by atoms with Gasteiger partial charge in [0, 0.05) is 0 Å². The molecule has 0 unspecified atom stereocenters. The summed E-state index contributed by atoms with van der Waals surface area (Å²) in [6.45, 7) is 0. The zero-order valence-electron chi connectivity index (χ0n) is 13.9. The van der Waals surface area contributed by atoms with Crippen LogP contribution in [-0.4, -0.2) is 11.9 Å². The number of carbonyl (C=O) groups is 2. The van der Waals surface area contributed by atoms with Crippen molar-refractivity contribution in [1.82, 2.24) is 0 Å². The lowest BCUT2D eigenvalue weighted by Crippen LogP contribution is -2.36. The van der Waals surface area contributed by atoms with E-state index < -0.39 is 24.0 Å². The summed E-state index contributed by atoms with van der Waals surface area (Å²) in [4.78, 5) is 24.3. The van der Waals surface area contributed by atoms with E-state index in [-0.39, 0.29) is 0 Å². The summed E-state index contributed by atoms with van der Waals surface area (Å²) in [6.07, 6.45) is -0.699. The summed E-state index contributed by atoms with van der Waals surface area (Å²) in [7, 11) is 0. The van der Waals surface area contributed by atoms with Gasteiger partial charge in [-0.15, -0.1) is 0 Å². The molecule has 0 saturated heterocycles. The van der Waals surface area contributed by atoms with Crippen LogP contribution >= 0.6 is 0 Å². The van der Waals surface area contributed by atoms with Crippen LogP contribution in [0.2, 0.25) is 0 Å². The second-order valence-corrected chi connectivity index (χ2v) is 5.80. The van der Waals surface area contributed by atoms with Gasteiger partial charge >= 0.3 is 5.97 Å². The molecule has 1 atom stereocenters. The van der Waals surface area contributed by atoms with Crippen LogP contribution in [0.25, 0.3) is 0 Å². The van der Waals surface area contributed by atoms with Gasteiger partial charge in [0.25, 0.3) is 0 Å². The quantitative estimate of drug-likeness (QED) is 0.509. The molecule has 0 aromatic heterocycles. The summed E-state index contributed by atoms with van der Waals surface area (Å²) >= 11 is 0. The van der Waals surface area contributed by atoms with Crippen molar-refractivity contribution in [2.24, 2.45) is 0 Å². The van der Waals surface area contributed by atoms with E-state index >= 15 is 0 Å². The molecular formula is C22H17O4-. The standard InChI is InChI=1S/C22H18O4/c23-21(24)19(16-10-4-1-5-11-16)22(25)26-20(17-12-6-2-7-13-17)18-14-8-3-9-15-18/h1-15,19-20H,(H,23,24)/p-1/t19-/m1/s1. The van der Waals surface area contributed by atoms with Crippen LogP contribution in [0.5, 0.6) is 0 Å². The van der Waals surface area contributed by atoms with Crippen LogP contribution in [0, 0.1) is 0 Å². The third kappa shape index (κ3) is 3.98. The molecule has 0 radical (unpaired) electrons. The van der Waals surface area contributed by atoms with E-state index in [1.165, 1.54) is 0 Å². The molecule has 0 N–H and O–H groups in total. The molecular weight excluding hydrogens is 328 g/mol. The minimum Gasteiger partial charge on any atom is -0.549 e. The van der Waals surface area contributed by atoms with Gasteiger partial charge in [0.1, 0.15) is 5.92 Å². The summed E-state index contributed by atoms with van der Waals surface area (Å²) in [5, 5.41) is 11.6. The van der Waals surface area contributed by atoms with E-state index in [2.05, 4.69) is 0 Å². The number of hydrogen-bond donors (Lipinski definition) is 0. The normalized spacial score (nSPS) is 11.7. The Morgan fingerprint density at radius 3 is 1.42 bits per heavy atom. The van der Waals surface area contributed by atoms with Gasteiger partial charge in [-0.1, -0.05) is 91.0 Å². The number of ether oxygens (including phenoxy) is 1. The Labute approximate surface area is 151 Å². The lowest BCUT2D eigenvalue weighted by Gasteiger charge is -2.23. The van der Waals surface area contributed by atoms with Crippen LogP contribution in [0.1, 0.15) is 28.7 Å². The molecule has 0 fully saturated rings. The highest BCUT2D eigenvalue weighted by molar-refractivity contribution is 5.99. The molecule has 0 heterocycles. The van der Waals surface area contributed by atoms with Crippen LogP contribution in [0.4, 0.5) is 0 Å². The monoisotopic (exact) mass is 345 g/mol. The van der Waals surface area contributed by atoms with Crippen molar-refractivity contribution in [3.8, 4) is 0 Å². The third-order valence-corrected chi connectivity index (χ3v) is 4.04. The summed E-state index contributed by atoms with van der Waals surface area (Å²) in [5.74, 6) is -3.82. The van der Waals surface area contributed by atoms with Gasteiger partial charge in [-0.05, 0) is 16.7 Å². The van der Waals surface area contributed by atoms with Crippen LogP contribution < -0.4 is 5.11 Å². The minimum atomic E-state index is -1.49.